The first-order chi connectivity index (χ1) is 27.9. The molecule has 0 radical (unpaired) electrons. The number of hydrogen-bond acceptors (Lipinski definition) is 4. The Kier molecular flexibility index (Phi) is 12.8. The molecule has 7 heteroatoms. The van der Waals surface area contributed by atoms with E-state index in [1.807, 2.05) is 81.3 Å². The quantitative estimate of drug-likeness (QED) is 0.151. The van der Waals surface area contributed by atoms with Gasteiger partial charge in [-0.3, -0.25) is 9.59 Å². The largest absolute Gasteiger partial charge is 0.378 e. The van der Waals surface area contributed by atoms with Gasteiger partial charge in [0.2, 0.25) is 0 Å². The number of allylic oxidation sites excluding steroid dienone is 1. The van der Waals surface area contributed by atoms with Crippen LogP contribution in [-0.2, 0) is 6.42 Å². The van der Waals surface area contributed by atoms with Crippen LogP contribution in [0.1, 0.15) is 74.0 Å². The summed E-state index contributed by atoms with van der Waals surface area (Å²) in [7, 11) is 7.76. The summed E-state index contributed by atoms with van der Waals surface area (Å²) in [6.45, 7) is 8.55. The van der Waals surface area contributed by atoms with E-state index in [0.717, 1.165) is 40.1 Å². The van der Waals surface area contributed by atoms with Gasteiger partial charge in [-0.15, -0.1) is 0 Å². The number of amides is 2. The van der Waals surface area contributed by atoms with Crippen LogP contribution in [0.3, 0.4) is 0 Å². The lowest BCUT2D eigenvalue weighted by atomic mass is 9.93. The van der Waals surface area contributed by atoms with E-state index >= 15 is 0 Å². The molecule has 1 unspecified atom stereocenters. The number of rotatable bonds is 8. The van der Waals surface area contributed by atoms with E-state index < -0.39 is 0 Å². The summed E-state index contributed by atoms with van der Waals surface area (Å²) in [5, 5.41) is 6.23. The molecule has 2 aliphatic rings. The Bertz CT molecular complexity index is 2590. The Morgan fingerprint density at radius 2 is 1.14 bits per heavy atom. The second-order valence-electron chi connectivity index (χ2n) is 15.8. The SMILES string of the molecule is B.CC1=Cc2c(-c3ccccc3C)cccc2C1NC(=O)c1ccc(N(C)C)cc1NC(=O)c1ccc(N(C)C)cc1.CC1=Cc2c(cccc2-c2ccccc2C)C1. The molecule has 0 aromatic heterocycles. The summed E-state index contributed by atoms with van der Waals surface area (Å²) in [5.74, 6) is -0.522. The van der Waals surface area contributed by atoms with Gasteiger partial charge in [0.15, 0.2) is 0 Å². The van der Waals surface area contributed by atoms with Crippen molar-refractivity contribution in [3.05, 3.63) is 183 Å². The van der Waals surface area contributed by atoms with Crippen molar-refractivity contribution in [2.24, 2.45) is 0 Å². The van der Waals surface area contributed by atoms with Gasteiger partial charge in [-0.05, 0) is 138 Å². The van der Waals surface area contributed by atoms with Crippen molar-refractivity contribution in [1.82, 2.24) is 5.32 Å². The second kappa shape index (κ2) is 17.9. The van der Waals surface area contributed by atoms with Crippen LogP contribution in [0.25, 0.3) is 34.4 Å². The molecule has 6 aromatic rings. The molecule has 0 fully saturated rings. The van der Waals surface area contributed by atoms with Crippen LogP contribution >= 0.6 is 0 Å². The number of benzene rings is 6. The molecule has 2 N–H and O–H groups in total. The molecule has 8 rings (SSSR count). The highest BCUT2D eigenvalue weighted by atomic mass is 16.2. The van der Waals surface area contributed by atoms with Gasteiger partial charge in [-0.1, -0.05) is 103 Å². The van der Waals surface area contributed by atoms with Crippen LogP contribution in [0, 0.1) is 13.8 Å². The molecule has 2 aliphatic carbocycles. The molecule has 298 valence electrons. The highest BCUT2D eigenvalue weighted by molar-refractivity contribution is 6.10. The molecular weight excluding hydrogens is 723 g/mol. The van der Waals surface area contributed by atoms with Crippen LogP contribution in [0.15, 0.2) is 139 Å². The van der Waals surface area contributed by atoms with Crippen LogP contribution in [-0.4, -0.2) is 48.4 Å². The van der Waals surface area contributed by atoms with Crippen LogP contribution in [0.2, 0.25) is 0 Å². The van der Waals surface area contributed by atoms with Gasteiger partial charge in [-0.25, -0.2) is 0 Å². The lowest BCUT2D eigenvalue weighted by Gasteiger charge is -2.21. The molecule has 6 aromatic carbocycles. The number of fused-ring (bicyclic) bond motifs is 2. The number of nitrogens with zero attached hydrogens (tertiary/aromatic N) is 2. The molecular formula is C52H55BN4O2. The first-order valence-electron chi connectivity index (χ1n) is 19.8. The van der Waals surface area contributed by atoms with Gasteiger partial charge >= 0.3 is 0 Å². The normalized spacial score (nSPS) is 13.4. The van der Waals surface area contributed by atoms with E-state index in [2.05, 4.69) is 116 Å². The van der Waals surface area contributed by atoms with Crippen molar-refractivity contribution in [2.75, 3.05) is 43.3 Å². The van der Waals surface area contributed by atoms with Crippen LogP contribution < -0.4 is 20.4 Å². The molecule has 0 saturated heterocycles. The van der Waals surface area contributed by atoms with Gasteiger partial charge in [0, 0.05) is 45.1 Å². The van der Waals surface area contributed by atoms with E-state index in [0.29, 0.717) is 16.8 Å². The summed E-state index contributed by atoms with van der Waals surface area (Å²) in [5.41, 5.74) is 18.5. The summed E-state index contributed by atoms with van der Waals surface area (Å²) in [6.07, 6.45) is 5.60. The minimum atomic E-state index is -0.273. The maximum atomic E-state index is 13.8. The lowest BCUT2D eigenvalue weighted by molar-refractivity contribution is 0.0943. The van der Waals surface area contributed by atoms with Crippen LogP contribution in [0.4, 0.5) is 17.1 Å². The topological polar surface area (TPSA) is 64.7 Å². The lowest BCUT2D eigenvalue weighted by Crippen LogP contribution is -2.29. The fraction of sp³-hybridized carbons (Fsp3) is 0.192. The first kappa shape index (κ1) is 42.0. The summed E-state index contributed by atoms with van der Waals surface area (Å²) < 4.78 is 0. The second-order valence-corrected chi connectivity index (χ2v) is 15.8. The van der Waals surface area contributed by atoms with Crippen molar-refractivity contribution >= 4 is 49.4 Å². The monoisotopic (exact) mass is 778 g/mol. The van der Waals surface area contributed by atoms with Crippen molar-refractivity contribution in [1.29, 1.82) is 0 Å². The third-order valence-electron chi connectivity index (χ3n) is 11.1. The number of carbonyl (C=O) groups excluding carboxylic acids is 2. The maximum Gasteiger partial charge on any atom is 0.255 e. The molecule has 0 heterocycles. The summed E-state index contributed by atoms with van der Waals surface area (Å²) >= 11 is 0. The Labute approximate surface area is 351 Å². The number of carbonyl (C=O) groups is 2. The van der Waals surface area contributed by atoms with E-state index in [9.17, 15) is 9.59 Å². The molecule has 0 saturated carbocycles. The predicted molar refractivity (Wildman–Crippen MR) is 254 cm³/mol. The zero-order valence-corrected chi connectivity index (χ0v) is 34.8. The van der Waals surface area contributed by atoms with E-state index in [4.69, 9.17) is 0 Å². The first-order valence-corrected chi connectivity index (χ1v) is 19.8. The van der Waals surface area contributed by atoms with Gasteiger partial charge in [0.25, 0.3) is 11.8 Å². The number of anilines is 3. The number of hydrogen-bond donors (Lipinski definition) is 2. The zero-order valence-electron chi connectivity index (χ0n) is 34.8. The van der Waals surface area contributed by atoms with Gasteiger partial charge in [0.05, 0.1) is 25.7 Å². The van der Waals surface area contributed by atoms with Gasteiger partial charge in [-0.2, -0.15) is 0 Å². The van der Waals surface area contributed by atoms with Gasteiger partial charge < -0.3 is 20.4 Å². The zero-order chi connectivity index (χ0) is 41.1. The number of nitrogens with one attached hydrogen (secondary N) is 2. The molecule has 2 amide bonds. The Morgan fingerprint density at radius 1 is 0.576 bits per heavy atom. The molecule has 59 heavy (non-hydrogen) atoms. The molecule has 0 spiro atoms. The van der Waals surface area contributed by atoms with Crippen molar-refractivity contribution in [3.63, 3.8) is 0 Å². The van der Waals surface area contributed by atoms with E-state index in [1.54, 1.807) is 18.2 Å². The summed E-state index contributed by atoms with van der Waals surface area (Å²) in [6, 6.07) is 42.5. The third-order valence-corrected chi connectivity index (χ3v) is 11.1. The average molecular weight is 779 g/mol. The Hall–Kier alpha value is -6.60. The van der Waals surface area contributed by atoms with Crippen molar-refractivity contribution in [3.8, 4) is 22.3 Å². The highest BCUT2D eigenvalue weighted by Gasteiger charge is 2.28. The standard InChI is InChI=1S/C35H36N4O2.C17H16.BH3/c1-22-10-7-8-11-27(22)28-12-9-13-29-31(28)20-23(2)33(29)37-35(41)30-19-18-26(39(5)6)21-32(30)36-34(40)24-14-16-25(17-15-24)38(3)4;1-12-10-14-7-5-9-16(17(14)11-12)15-8-4-3-6-13(15)2;/h7-21,33H,1-6H3,(H,36,40)(H,37,41);3-9,11H,10H2,1-2H3;1H3. The smallest absolute Gasteiger partial charge is 0.255 e. The average Bonchev–Trinajstić information content (AvgIpc) is 3.76. The minimum Gasteiger partial charge on any atom is -0.378 e. The van der Waals surface area contributed by atoms with Crippen molar-refractivity contribution < 1.29 is 9.59 Å². The summed E-state index contributed by atoms with van der Waals surface area (Å²) in [4.78, 5) is 30.9. The fourth-order valence-corrected chi connectivity index (χ4v) is 7.93. The Morgan fingerprint density at radius 3 is 1.75 bits per heavy atom. The molecule has 0 bridgehead atoms. The Balaban J connectivity index is 0.000000270. The number of aryl methyl sites for hydroxylation is 2. The van der Waals surface area contributed by atoms with E-state index in [-0.39, 0.29) is 26.3 Å². The molecule has 6 nitrogen and oxygen atoms in total. The maximum absolute atomic E-state index is 13.8. The van der Waals surface area contributed by atoms with Crippen LogP contribution in [0.5, 0.6) is 0 Å². The van der Waals surface area contributed by atoms with E-state index in [1.165, 1.54) is 44.5 Å². The fourth-order valence-electron chi connectivity index (χ4n) is 7.93. The van der Waals surface area contributed by atoms with Crippen molar-refractivity contribution in [2.45, 2.75) is 40.2 Å². The third kappa shape index (κ3) is 8.95. The highest BCUT2D eigenvalue weighted by Crippen LogP contribution is 2.41. The molecule has 0 aliphatic heterocycles. The predicted octanol–water partition coefficient (Wildman–Crippen LogP) is 10.4. The van der Waals surface area contributed by atoms with Gasteiger partial charge in [0.1, 0.15) is 0 Å². The minimum absolute atomic E-state index is 0. The molecule has 1 atom stereocenters.